The molecule has 0 unspecified atom stereocenters. The van der Waals surface area contributed by atoms with Gasteiger partial charge in [0.2, 0.25) is 12.2 Å². The molecular formula is C7H8N6O2. The van der Waals surface area contributed by atoms with Crippen LogP contribution >= 0.6 is 0 Å². The third-order valence-electron chi connectivity index (χ3n) is 1.67. The van der Waals surface area contributed by atoms with E-state index in [1.165, 1.54) is 12.7 Å². The fourth-order valence-corrected chi connectivity index (χ4v) is 0.989. The summed E-state index contributed by atoms with van der Waals surface area (Å²) in [5.41, 5.74) is 0. The Kier molecular flexibility index (Phi) is 2.68. The predicted octanol–water partition coefficient (Wildman–Crippen LogP) is -0.840. The molecule has 0 saturated carbocycles. The van der Waals surface area contributed by atoms with Crippen LogP contribution in [0.1, 0.15) is 16.4 Å². The number of nitrogens with zero attached hydrogens (tertiary/aromatic N) is 4. The number of carbonyl (C=O) groups excluding carboxylic acids is 1. The van der Waals surface area contributed by atoms with Crippen molar-refractivity contribution in [3.63, 3.8) is 0 Å². The van der Waals surface area contributed by atoms with Gasteiger partial charge in [0, 0.05) is 13.0 Å². The number of rotatable bonds is 4. The van der Waals surface area contributed by atoms with Crippen molar-refractivity contribution in [3.8, 4) is 0 Å². The summed E-state index contributed by atoms with van der Waals surface area (Å²) in [6, 6.07) is 0. The molecule has 0 bridgehead atoms. The zero-order valence-electron chi connectivity index (χ0n) is 7.67. The fourth-order valence-electron chi connectivity index (χ4n) is 0.989. The average Bonchev–Trinajstić information content (AvgIpc) is 2.90. The van der Waals surface area contributed by atoms with Crippen molar-refractivity contribution in [2.24, 2.45) is 0 Å². The molecule has 0 aliphatic rings. The van der Waals surface area contributed by atoms with Gasteiger partial charge in [-0.3, -0.25) is 9.89 Å². The van der Waals surface area contributed by atoms with E-state index in [2.05, 4.69) is 35.2 Å². The summed E-state index contributed by atoms with van der Waals surface area (Å²) in [6.45, 7) is 0.416. The minimum atomic E-state index is -0.309. The van der Waals surface area contributed by atoms with E-state index in [1.807, 2.05) is 0 Å². The van der Waals surface area contributed by atoms with Gasteiger partial charge in [-0.25, -0.2) is 4.98 Å². The Bertz CT molecular complexity index is 409. The van der Waals surface area contributed by atoms with Crippen molar-refractivity contribution in [1.29, 1.82) is 0 Å². The molecule has 0 radical (unpaired) electrons. The van der Waals surface area contributed by atoms with Gasteiger partial charge in [-0.05, 0) is 0 Å². The van der Waals surface area contributed by atoms with Crippen molar-refractivity contribution in [1.82, 2.24) is 30.6 Å². The predicted molar refractivity (Wildman–Crippen MR) is 46.7 cm³/mol. The lowest BCUT2D eigenvalue weighted by Gasteiger charge is -1.99. The molecule has 15 heavy (non-hydrogen) atoms. The molecule has 8 heteroatoms. The normalized spacial score (nSPS) is 10.1. The van der Waals surface area contributed by atoms with Gasteiger partial charge in [-0.15, -0.1) is 0 Å². The summed E-state index contributed by atoms with van der Waals surface area (Å²) in [5, 5.41) is 12.3. The number of aromatic nitrogens is 5. The summed E-state index contributed by atoms with van der Waals surface area (Å²) in [6.07, 6.45) is 3.03. The highest BCUT2D eigenvalue weighted by molar-refractivity contribution is 5.90. The topological polar surface area (TPSA) is 110 Å². The highest BCUT2D eigenvalue weighted by Gasteiger charge is 2.07. The molecule has 2 rings (SSSR count). The second kappa shape index (κ2) is 4.31. The van der Waals surface area contributed by atoms with E-state index in [0.717, 1.165) is 0 Å². The number of aromatic amines is 1. The second-order valence-corrected chi connectivity index (χ2v) is 2.69. The Hall–Kier alpha value is -2.25. The first kappa shape index (κ1) is 9.31. The van der Waals surface area contributed by atoms with Crippen molar-refractivity contribution in [2.45, 2.75) is 6.42 Å². The van der Waals surface area contributed by atoms with Gasteiger partial charge in [0.25, 0.3) is 5.91 Å². The summed E-state index contributed by atoms with van der Waals surface area (Å²) in [7, 11) is 0. The van der Waals surface area contributed by atoms with Gasteiger partial charge in [-0.1, -0.05) is 5.16 Å². The van der Waals surface area contributed by atoms with E-state index in [9.17, 15) is 4.79 Å². The van der Waals surface area contributed by atoms with E-state index in [4.69, 9.17) is 0 Å². The molecule has 2 aromatic rings. The first-order valence-electron chi connectivity index (χ1n) is 4.25. The molecule has 78 valence electrons. The lowest BCUT2D eigenvalue weighted by molar-refractivity contribution is 0.0944. The number of amides is 1. The molecule has 0 aliphatic heterocycles. The number of carbonyl (C=O) groups is 1. The molecule has 0 aromatic carbocycles. The van der Waals surface area contributed by atoms with Crippen LogP contribution in [0.5, 0.6) is 0 Å². The monoisotopic (exact) mass is 208 g/mol. The molecule has 0 saturated heterocycles. The highest BCUT2D eigenvalue weighted by Crippen LogP contribution is 1.89. The third kappa shape index (κ3) is 2.36. The summed E-state index contributed by atoms with van der Waals surface area (Å²) >= 11 is 0. The van der Waals surface area contributed by atoms with Gasteiger partial charge >= 0.3 is 0 Å². The number of H-pyrrole nitrogens is 1. The van der Waals surface area contributed by atoms with Crippen LogP contribution in [0.2, 0.25) is 0 Å². The number of hydrogen-bond donors (Lipinski definition) is 2. The van der Waals surface area contributed by atoms with Gasteiger partial charge < -0.3 is 9.84 Å². The quantitative estimate of drug-likeness (QED) is 0.677. The maximum Gasteiger partial charge on any atom is 0.288 e. The van der Waals surface area contributed by atoms with Crippen molar-refractivity contribution < 1.29 is 9.32 Å². The van der Waals surface area contributed by atoms with Gasteiger partial charge in [-0.2, -0.15) is 10.1 Å². The maximum atomic E-state index is 11.3. The molecule has 0 atom stereocenters. The Balaban J connectivity index is 1.77. The van der Waals surface area contributed by atoms with Crippen LogP contribution in [0, 0.1) is 0 Å². The Morgan fingerprint density at radius 2 is 2.47 bits per heavy atom. The van der Waals surface area contributed by atoms with Crippen LogP contribution in [-0.2, 0) is 6.42 Å². The van der Waals surface area contributed by atoms with Crippen LogP contribution in [-0.4, -0.2) is 37.8 Å². The zero-order valence-corrected chi connectivity index (χ0v) is 7.67. The van der Waals surface area contributed by atoms with E-state index in [1.54, 1.807) is 0 Å². The molecule has 2 heterocycles. The molecule has 2 aromatic heterocycles. The van der Waals surface area contributed by atoms with Gasteiger partial charge in [0.15, 0.2) is 5.82 Å². The summed E-state index contributed by atoms with van der Waals surface area (Å²) in [5.74, 6) is 0.423. The largest absolute Gasteiger partial charge is 0.349 e. The Morgan fingerprint density at radius 1 is 1.53 bits per heavy atom. The van der Waals surface area contributed by atoms with E-state index in [-0.39, 0.29) is 11.7 Å². The Labute approximate surface area is 84.1 Å². The van der Waals surface area contributed by atoms with Crippen molar-refractivity contribution in [2.75, 3.05) is 6.54 Å². The summed E-state index contributed by atoms with van der Waals surface area (Å²) in [4.78, 5) is 18.8. The van der Waals surface area contributed by atoms with E-state index >= 15 is 0 Å². The van der Waals surface area contributed by atoms with E-state index < -0.39 is 0 Å². The maximum absolute atomic E-state index is 11.3. The SMILES string of the molecule is O=C(NCCc1ncon1)c1ncn[nH]1. The van der Waals surface area contributed by atoms with E-state index in [0.29, 0.717) is 18.8 Å². The molecule has 0 aliphatic carbocycles. The minimum absolute atomic E-state index is 0.183. The number of nitrogens with one attached hydrogen (secondary N) is 2. The molecule has 1 amide bonds. The fraction of sp³-hybridized carbons (Fsp3) is 0.286. The van der Waals surface area contributed by atoms with Crippen molar-refractivity contribution >= 4 is 5.91 Å². The minimum Gasteiger partial charge on any atom is -0.349 e. The summed E-state index contributed by atoms with van der Waals surface area (Å²) < 4.78 is 4.54. The van der Waals surface area contributed by atoms with Crippen LogP contribution < -0.4 is 5.32 Å². The standard InChI is InChI=1S/C7H8N6O2/c14-7(6-9-3-11-12-6)8-2-1-5-10-4-15-13-5/h3-4H,1-2H2,(H,8,14)(H,9,11,12). The molecule has 8 nitrogen and oxygen atoms in total. The van der Waals surface area contributed by atoms with Gasteiger partial charge in [0.1, 0.15) is 6.33 Å². The second-order valence-electron chi connectivity index (χ2n) is 2.69. The average molecular weight is 208 g/mol. The Morgan fingerprint density at radius 3 is 3.13 bits per heavy atom. The zero-order chi connectivity index (χ0) is 10.5. The lowest BCUT2D eigenvalue weighted by atomic mass is 10.4. The smallest absolute Gasteiger partial charge is 0.288 e. The molecular weight excluding hydrogens is 200 g/mol. The van der Waals surface area contributed by atoms with Crippen LogP contribution in [0.4, 0.5) is 0 Å². The van der Waals surface area contributed by atoms with Crippen LogP contribution in [0.25, 0.3) is 0 Å². The molecule has 0 spiro atoms. The molecule has 2 N–H and O–H groups in total. The first-order chi connectivity index (χ1) is 7.36. The third-order valence-corrected chi connectivity index (χ3v) is 1.67. The highest BCUT2D eigenvalue weighted by atomic mass is 16.5. The number of hydrogen-bond acceptors (Lipinski definition) is 6. The van der Waals surface area contributed by atoms with Crippen LogP contribution in [0.3, 0.4) is 0 Å². The van der Waals surface area contributed by atoms with Crippen molar-refractivity contribution in [3.05, 3.63) is 24.4 Å². The lowest BCUT2D eigenvalue weighted by Crippen LogP contribution is -2.26. The first-order valence-corrected chi connectivity index (χ1v) is 4.25. The molecule has 0 fully saturated rings. The van der Waals surface area contributed by atoms with Gasteiger partial charge in [0.05, 0.1) is 0 Å². The van der Waals surface area contributed by atoms with Crippen LogP contribution in [0.15, 0.2) is 17.2 Å².